The Morgan fingerprint density at radius 1 is 1.16 bits per heavy atom. The van der Waals surface area contributed by atoms with Gasteiger partial charge in [-0.1, -0.05) is 32.6 Å². The summed E-state index contributed by atoms with van der Waals surface area (Å²) in [6.45, 7) is 5.27. The van der Waals surface area contributed by atoms with Gasteiger partial charge in [0.15, 0.2) is 0 Å². The first kappa shape index (κ1) is 14.8. The van der Waals surface area contributed by atoms with Crippen LogP contribution in [0.3, 0.4) is 0 Å². The van der Waals surface area contributed by atoms with Crippen LogP contribution in [-0.4, -0.2) is 36.5 Å². The Morgan fingerprint density at radius 2 is 1.84 bits per heavy atom. The molecule has 1 heterocycles. The van der Waals surface area contributed by atoms with E-state index in [1.165, 1.54) is 25.7 Å². The van der Waals surface area contributed by atoms with E-state index >= 15 is 0 Å². The van der Waals surface area contributed by atoms with Crippen LogP contribution >= 0.6 is 0 Å². The molecule has 19 heavy (non-hydrogen) atoms. The fourth-order valence-electron chi connectivity index (χ4n) is 3.64. The van der Waals surface area contributed by atoms with E-state index in [9.17, 15) is 4.79 Å². The third kappa shape index (κ3) is 4.48. The maximum atomic E-state index is 12.5. The van der Waals surface area contributed by atoms with E-state index in [-0.39, 0.29) is 0 Å². The molecule has 0 atom stereocenters. The zero-order valence-corrected chi connectivity index (χ0v) is 12.5. The van der Waals surface area contributed by atoms with E-state index < -0.39 is 0 Å². The highest BCUT2D eigenvalue weighted by molar-refractivity contribution is 5.76. The Labute approximate surface area is 118 Å². The van der Waals surface area contributed by atoms with Crippen molar-refractivity contribution in [2.24, 2.45) is 5.92 Å². The maximum absolute atomic E-state index is 12.5. The predicted octanol–water partition coefficient (Wildman–Crippen LogP) is 2.95. The van der Waals surface area contributed by atoms with Crippen LogP contribution in [0.1, 0.15) is 64.7 Å². The van der Waals surface area contributed by atoms with Crippen LogP contribution in [0.4, 0.5) is 0 Å². The van der Waals surface area contributed by atoms with E-state index in [2.05, 4.69) is 17.1 Å². The quantitative estimate of drug-likeness (QED) is 0.801. The summed E-state index contributed by atoms with van der Waals surface area (Å²) < 4.78 is 0. The predicted molar refractivity (Wildman–Crippen MR) is 79.1 cm³/mol. The van der Waals surface area contributed by atoms with E-state index in [4.69, 9.17) is 0 Å². The number of nitrogens with one attached hydrogen (secondary N) is 1. The molecular formula is C16H30N2O. The Balaban J connectivity index is 1.80. The number of nitrogens with zero attached hydrogens (tertiary/aromatic N) is 1. The minimum atomic E-state index is 0.417. The van der Waals surface area contributed by atoms with Crippen molar-refractivity contribution in [3.8, 4) is 0 Å². The van der Waals surface area contributed by atoms with Crippen molar-refractivity contribution in [3.63, 3.8) is 0 Å². The molecule has 110 valence electrons. The number of rotatable bonds is 6. The van der Waals surface area contributed by atoms with Crippen molar-refractivity contribution in [2.75, 3.05) is 19.6 Å². The van der Waals surface area contributed by atoms with E-state index in [0.717, 1.165) is 57.7 Å². The van der Waals surface area contributed by atoms with Gasteiger partial charge < -0.3 is 10.2 Å². The third-order valence-corrected chi connectivity index (χ3v) is 4.78. The molecule has 3 heteroatoms. The van der Waals surface area contributed by atoms with Gasteiger partial charge in [-0.2, -0.15) is 0 Å². The second-order valence-corrected chi connectivity index (χ2v) is 6.26. The lowest BCUT2D eigenvalue weighted by Gasteiger charge is -2.35. The molecule has 2 aliphatic rings. The van der Waals surface area contributed by atoms with Crippen LogP contribution in [0.5, 0.6) is 0 Å². The number of piperidine rings is 1. The highest BCUT2D eigenvalue weighted by Gasteiger charge is 2.25. The van der Waals surface area contributed by atoms with E-state index in [1.54, 1.807) is 0 Å². The Bertz CT molecular complexity index is 268. The number of hydrogen-bond acceptors (Lipinski definition) is 2. The molecule has 1 aliphatic heterocycles. The van der Waals surface area contributed by atoms with Crippen LogP contribution in [0.25, 0.3) is 0 Å². The van der Waals surface area contributed by atoms with Crippen LogP contribution < -0.4 is 5.32 Å². The van der Waals surface area contributed by atoms with Crippen molar-refractivity contribution < 1.29 is 4.79 Å². The van der Waals surface area contributed by atoms with Gasteiger partial charge in [0.1, 0.15) is 0 Å². The molecule has 1 amide bonds. The second-order valence-electron chi connectivity index (χ2n) is 6.26. The molecule has 1 aliphatic carbocycles. The van der Waals surface area contributed by atoms with Crippen LogP contribution in [0.2, 0.25) is 0 Å². The van der Waals surface area contributed by atoms with Gasteiger partial charge in [0, 0.05) is 19.0 Å². The molecule has 0 aromatic carbocycles. The third-order valence-electron chi connectivity index (χ3n) is 4.78. The van der Waals surface area contributed by atoms with Gasteiger partial charge in [-0.05, 0) is 44.7 Å². The lowest BCUT2D eigenvalue weighted by molar-refractivity contribution is -0.134. The summed E-state index contributed by atoms with van der Waals surface area (Å²) in [4.78, 5) is 14.7. The standard InChI is InChI=1S/C16H30N2O/c1-2-13-18(15-9-11-17-12-10-15)16(19)8-7-14-5-3-4-6-14/h14-15,17H,2-13H2,1H3. The molecule has 3 nitrogen and oxygen atoms in total. The van der Waals surface area contributed by atoms with Gasteiger partial charge in [0.2, 0.25) is 5.91 Å². The van der Waals surface area contributed by atoms with Gasteiger partial charge in [-0.15, -0.1) is 0 Å². The highest BCUT2D eigenvalue weighted by Crippen LogP contribution is 2.29. The largest absolute Gasteiger partial charge is 0.340 e. The molecule has 2 fully saturated rings. The van der Waals surface area contributed by atoms with Crippen LogP contribution in [0, 0.1) is 5.92 Å². The number of carbonyl (C=O) groups excluding carboxylic acids is 1. The first-order chi connectivity index (χ1) is 9.31. The summed E-state index contributed by atoms with van der Waals surface area (Å²) in [5.74, 6) is 1.25. The fraction of sp³-hybridized carbons (Fsp3) is 0.938. The Morgan fingerprint density at radius 3 is 2.47 bits per heavy atom. The average Bonchev–Trinajstić information content (AvgIpc) is 2.96. The summed E-state index contributed by atoms with van der Waals surface area (Å²) in [7, 11) is 0. The minimum absolute atomic E-state index is 0.417. The number of hydrogen-bond donors (Lipinski definition) is 1. The van der Waals surface area contributed by atoms with Gasteiger partial charge in [0.05, 0.1) is 0 Å². The van der Waals surface area contributed by atoms with Crippen LogP contribution in [0.15, 0.2) is 0 Å². The topological polar surface area (TPSA) is 32.3 Å². The van der Waals surface area contributed by atoms with Crippen LogP contribution in [-0.2, 0) is 4.79 Å². The van der Waals surface area contributed by atoms with Gasteiger partial charge >= 0.3 is 0 Å². The lowest BCUT2D eigenvalue weighted by atomic mass is 9.99. The zero-order chi connectivity index (χ0) is 13.5. The fourth-order valence-corrected chi connectivity index (χ4v) is 3.64. The SMILES string of the molecule is CCCN(C(=O)CCC1CCCC1)C1CCNCC1. The normalized spacial score (nSPS) is 21.7. The summed E-state index contributed by atoms with van der Waals surface area (Å²) in [6, 6.07) is 0.497. The first-order valence-corrected chi connectivity index (χ1v) is 8.31. The number of amides is 1. The van der Waals surface area contributed by atoms with Crippen molar-refractivity contribution in [3.05, 3.63) is 0 Å². The molecule has 1 saturated carbocycles. The molecule has 0 bridgehead atoms. The number of carbonyl (C=O) groups is 1. The van der Waals surface area contributed by atoms with Crippen molar-refractivity contribution >= 4 is 5.91 Å². The smallest absolute Gasteiger partial charge is 0.222 e. The first-order valence-electron chi connectivity index (χ1n) is 8.31. The molecule has 0 radical (unpaired) electrons. The monoisotopic (exact) mass is 266 g/mol. The lowest BCUT2D eigenvalue weighted by Crippen LogP contribution is -2.46. The van der Waals surface area contributed by atoms with Crippen molar-refractivity contribution in [1.82, 2.24) is 10.2 Å². The molecule has 1 N–H and O–H groups in total. The summed E-state index contributed by atoms with van der Waals surface area (Å²) in [5.41, 5.74) is 0. The summed E-state index contributed by atoms with van der Waals surface area (Å²) in [5, 5.41) is 3.39. The van der Waals surface area contributed by atoms with Gasteiger partial charge in [-0.3, -0.25) is 4.79 Å². The molecular weight excluding hydrogens is 236 g/mol. The van der Waals surface area contributed by atoms with Crippen molar-refractivity contribution in [2.45, 2.75) is 70.8 Å². The Hall–Kier alpha value is -0.570. The van der Waals surface area contributed by atoms with E-state index in [0.29, 0.717) is 11.9 Å². The molecule has 2 rings (SSSR count). The molecule has 1 saturated heterocycles. The molecule has 0 aromatic rings. The summed E-state index contributed by atoms with van der Waals surface area (Å²) >= 11 is 0. The molecule has 0 unspecified atom stereocenters. The van der Waals surface area contributed by atoms with Gasteiger partial charge in [0.25, 0.3) is 0 Å². The highest BCUT2D eigenvalue weighted by atomic mass is 16.2. The Kier molecular flexibility index (Phi) is 6.15. The zero-order valence-electron chi connectivity index (χ0n) is 12.5. The average molecular weight is 266 g/mol. The second kappa shape index (κ2) is 7.88. The molecule has 0 spiro atoms. The van der Waals surface area contributed by atoms with Crippen molar-refractivity contribution in [1.29, 1.82) is 0 Å². The molecule has 0 aromatic heterocycles. The minimum Gasteiger partial charge on any atom is -0.340 e. The van der Waals surface area contributed by atoms with E-state index in [1.807, 2.05) is 0 Å². The maximum Gasteiger partial charge on any atom is 0.222 e. The summed E-state index contributed by atoms with van der Waals surface area (Å²) in [6.07, 6.45) is 10.7. The van der Waals surface area contributed by atoms with Gasteiger partial charge in [-0.25, -0.2) is 0 Å².